The number of carbonyl (C=O) groups is 1. The molecule has 0 fully saturated rings. The van der Waals surface area contributed by atoms with Crippen molar-refractivity contribution in [2.75, 3.05) is 13.1 Å². The number of aryl methyl sites for hydroxylation is 1. The standard InChI is InChI=1S/C16H24N4O2/c1-4-6-8-20(9-7-5-2)16(22)12-10-13(21)18-15-14(12)19(3)11-17-15/h10-11H,4-9H2,1-3H3,(H,18,21). The third kappa shape index (κ3) is 3.37. The summed E-state index contributed by atoms with van der Waals surface area (Å²) < 4.78 is 1.77. The second-order valence-corrected chi connectivity index (χ2v) is 5.60. The molecule has 0 spiro atoms. The molecule has 2 rings (SSSR count). The van der Waals surface area contributed by atoms with Crippen LogP contribution < -0.4 is 5.56 Å². The summed E-state index contributed by atoms with van der Waals surface area (Å²) in [6, 6.07) is 1.39. The average molecular weight is 304 g/mol. The van der Waals surface area contributed by atoms with E-state index in [1.807, 2.05) is 11.9 Å². The molecule has 2 aromatic heterocycles. The zero-order chi connectivity index (χ0) is 16.1. The number of aromatic nitrogens is 3. The number of amides is 1. The zero-order valence-electron chi connectivity index (χ0n) is 13.6. The fourth-order valence-electron chi connectivity index (χ4n) is 2.54. The maximum absolute atomic E-state index is 12.9. The Morgan fingerprint density at radius 3 is 2.50 bits per heavy atom. The number of nitrogens with one attached hydrogen (secondary N) is 1. The molecule has 6 heteroatoms. The molecule has 0 saturated carbocycles. The number of fused-ring (bicyclic) bond motifs is 1. The molecule has 0 bridgehead atoms. The number of unbranched alkanes of at least 4 members (excludes halogenated alkanes) is 2. The lowest BCUT2D eigenvalue weighted by molar-refractivity contribution is 0.0752. The minimum Gasteiger partial charge on any atom is -0.339 e. The number of hydrogen-bond donors (Lipinski definition) is 1. The highest BCUT2D eigenvalue weighted by molar-refractivity contribution is 6.04. The smallest absolute Gasteiger partial charge is 0.256 e. The molecular weight excluding hydrogens is 280 g/mol. The summed E-state index contributed by atoms with van der Waals surface area (Å²) in [4.78, 5) is 33.4. The van der Waals surface area contributed by atoms with Crippen LogP contribution in [0.5, 0.6) is 0 Å². The van der Waals surface area contributed by atoms with Gasteiger partial charge in [0, 0.05) is 26.2 Å². The van der Waals surface area contributed by atoms with E-state index in [0.29, 0.717) is 16.7 Å². The number of imidazole rings is 1. The fourth-order valence-corrected chi connectivity index (χ4v) is 2.54. The largest absolute Gasteiger partial charge is 0.339 e. The van der Waals surface area contributed by atoms with Crippen molar-refractivity contribution in [1.29, 1.82) is 0 Å². The quantitative estimate of drug-likeness (QED) is 0.853. The van der Waals surface area contributed by atoms with Gasteiger partial charge in [0.05, 0.1) is 17.4 Å². The molecule has 0 unspecified atom stereocenters. The third-order valence-electron chi connectivity index (χ3n) is 3.79. The molecule has 6 nitrogen and oxygen atoms in total. The van der Waals surface area contributed by atoms with Crippen molar-refractivity contribution in [3.8, 4) is 0 Å². The van der Waals surface area contributed by atoms with Crippen molar-refractivity contribution >= 4 is 17.1 Å². The Bertz CT molecular complexity index is 694. The maximum Gasteiger partial charge on any atom is 0.256 e. The van der Waals surface area contributed by atoms with E-state index in [4.69, 9.17) is 0 Å². The van der Waals surface area contributed by atoms with Gasteiger partial charge in [0.15, 0.2) is 5.65 Å². The molecule has 22 heavy (non-hydrogen) atoms. The van der Waals surface area contributed by atoms with Crippen LogP contribution >= 0.6 is 0 Å². The van der Waals surface area contributed by atoms with Gasteiger partial charge in [-0.2, -0.15) is 0 Å². The van der Waals surface area contributed by atoms with E-state index in [9.17, 15) is 9.59 Å². The highest BCUT2D eigenvalue weighted by Gasteiger charge is 2.20. The number of carbonyl (C=O) groups excluding carboxylic acids is 1. The Balaban J connectivity index is 2.40. The van der Waals surface area contributed by atoms with E-state index in [1.165, 1.54) is 6.07 Å². The minimum absolute atomic E-state index is 0.0819. The molecule has 0 atom stereocenters. The zero-order valence-corrected chi connectivity index (χ0v) is 13.6. The topological polar surface area (TPSA) is 71.0 Å². The summed E-state index contributed by atoms with van der Waals surface area (Å²) in [7, 11) is 1.83. The van der Waals surface area contributed by atoms with Gasteiger partial charge in [-0.15, -0.1) is 0 Å². The molecule has 0 aliphatic carbocycles. The predicted molar refractivity (Wildman–Crippen MR) is 87.1 cm³/mol. The van der Waals surface area contributed by atoms with Crippen molar-refractivity contribution in [2.24, 2.45) is 7.05 Å². The lowest BCUT2D eigenvalue weighted by Crippen LogP contribution is -2.34. The Hall–Kier alpha value is -2.11. The molecule has 2 heterocycles. The Kier molecular flexibility index (Phi) is 5.35. The number of nitrogens with zero attached hydrogens (tertiary/aromatic N) is 3. The van der Waals surface area contributed by atoms with Gasteiger partial charge in [0.1, 0.15) is 0 Å². The first kappa shape index (κ1) is 16.3. The number of pyridine rings is 1. The van der Waals surface area contributed by atoms with E-state index in [-0.39, 0.29) is 11.5 Å². The normalized spacial score (nSPS) is 11.0. The van der Waals surface area contributed by atoms with Gasteiger partial charge in [-0.3, -0.25) is 9.59 Å². The average Bonchev–Trinajstić information content (AvgIpc) is 2.87. The summed E-state index contributed by atoms with van der Waals surface area (Å²) in [5, 5.41) is 0. The van der Waals surface area contributed by atoms with Crippen LogP contribution in [0.25, 0.3) is 11.2 Å². The molecule has 0 aromatic carbocycles. The lowest BCUT2D eigenvalue weighted by Gasteiger charge is -2.22. The summed E-state index contributed by atoms with van der Waals surface area (Å²) in [6.07, 6.45) is 5.61. The van der Waals surface area contributed by atoms with E-state index in [2.05, 4.69) is 23.8 Å². The number of H-pyrrole nitrogens is 1. The SMILES string of the molecule is CCCCN(CCCC)C(=O)c1cc(=O)[nH]c2ncn(C)c12. The molecule has 0 aliphatic heterocycles. The van der Waals surface area contributed by atoms with E-state index in [1.54, 1.807) is 10.9 Å². The highest BCUT2D eigenvalue weighted by Crippen LogP contribution is 2.16. The molecule has 120 valence electrons. The molecule has 0 saturated heterocycles. The van der Waals surface area contributed by atoms with Gasteiger partial charge in [-0.25, -0.2) is 4.98 Å². The van der Waals surface area contributed by atoms with Crippen LogP contribution in [0.2, 0.25) is 0 Å². The third-order valence-corrected chi connectivity index (χ3v) is 3.79. The summed E-state index contributed by atoms with van der Waals surface area (Å²) in [5.74, 6) is -0.0819. The van der Waals surface area contributed by atoms with Crippen molar-refractivity contribution in [2.45, 2.75) is 39.5 Å². The van der Waals surface area contributed by atoms with E-state index < -0.39 is 0 Å². The van der Waals surface area contributed by atoms with Crippen molar-refractivity contribution < 1.29 is 4.79 Å². The molecule has 2 aromatic rings. The van der Waals surface area contributed by atoms with Crippen LogP contribution in [0.1, 0.15) is 49.9 Å². The van der Waals surface area contributed by atoms with E-state index >= 15 is 0 Å². The first-order valence-electron chi connectivity index (χ1n) is 7.92. The van der Waals surface area contributed by atoms with Gasteiger partial charge >= 0.3 is 0 Å². The number of aromatic amines is 1. The lowest BCUT2D eigenvalue weighted by atomic mass is 10.1. The molecule has 0 radical (unpaired) electrons. The molecule has 1 N–H and O–H groups in total. The second-order valence-electron chi connectivity index (χ2n) is 5.60. The predicted octanol–water partition coefficient (Wildman–Crippen LogP) is 2.30. The van der Waals surface area contributed by atoms with Gasteiger partial charge in [-0.05, 0) is 12.8 Å². The van der Waals surface area contributed by atoms with Crippen molar-refractivity contribution in [3.63, 3.8) is 0 Å². The summed E-state index contributed by atoms with van der Waals surface area (Å²) in [6.45, 7) is 5.66. The minimum atomic E-state index is -0.291. The van der Waals surface area contributed by atoms with Gasteiger partial charge in [-0.1, -0.05) is 26.7 Å². The van der Waals surface area contributed by atoms with Crippen LogP contribution in [0.3, 0.4) is 0 Å². The maximum atomic E-state index is 12.9. The van der Waals surface area contributed by atoms with Crippen LogP contribution in [0.15, 0.2) is 17.2 Å². The first-order chi connectivity index (χ1) is 10.6. The fraction of sp³-hybridized carbons (Fsp3) is 0.562. The summed E-state index contributed by atoms with van der Waals surface area (Å²) in [5.41, 5.74) is 1.29. The number of hydrogen-bond acceptors (Lipinski definition) is 3. The van der Waals surface area contributed by atoms with Crippen LogP contribution in [-0.4, -0.2) is 38.4 Å². The van der Waals surface area contributed by atoms with Crippen molar-refractivity contribution in [1.82, 2.24) is 19.4 Å². The molecular formula is C16H24N4O2. The van der Waals surface area contributed by atoms with Crippen LogP contribution in [0.4, 0.5) is 0 Å². The van der Waals surface area contributed by atoms with Crippen LogP contribution in [-0.2, 0) is 7.05 Å². The van der Waals surface area contributed by atoms with Gasteiger partial charge in [0.25, 0.3) is 5.91 Å². The second kappa shape index (κ2) is 7.24. The molecule has 0 aliphatic rings. The van der Waals surface area contributed by atoms with E-state index in [0.717, 1.165) is 38.8 Å². The Morgan fingerprint density at radius 1 is 1.27 bits per heavy atom. The van der Waals surface area contributed by atoms with Crippen molar-refractivity contribution in [3.05, 3.63) is 28.3 Å². The van der Waals surface area contributed by atoms with Gasteiger partial charge in [0.2, 0.25) is 5.56 Å². The monoisotopic (exact) mass is 304 g/mol. The first-order valence-corrected chi connectivity index (χ1v) is 7.92. The Morgan fingerprint density at radius 2 is 1.91 bits per heavy atom. The highest BCUT2D eigenvalue weighted by atomic mass is 16.2. The molecule has 1 amide bonds. The van der Waals surface area contributed by atoms with Crippen LogP contribution in [0, 0.1) is 0 Å². The Labute approximate surface area is 130 Å². The van der Waals surface area contributed by atoms with Gasteiger partial charge < -0.3 is 14.5 Å². The summed E-state index contributed by atoms with van der Waals surface area (Å²) >= 11 is 0. The number of rotatable bonds is 7.